The molecule has 134 valence electrons. The summed E-state index contributed by atoms with van der Waals surface area (Å²) in [7, 11) is 0. The van der Waals surface area contributed by atoms with E-state index in [1.54, 1.807) is 13.0 Å². The maximum atomic E-state index is 12.7. The predicted molar refractivity (Wildman–Crippen MR) is 95.1 cm³/mol. The molecule has 1 aromatic rings. The van der Waals surface area contributed by atoms with E-state index in [2.05, 4.69) is 5.32 Å². The minimum absolute atomic E-state index is 0.0465. The lowest BCUT2D eigenvalue weighted by Gasteiger charge is -2.57. The molecule has 4 saturated carbocycles. The van der Waals surface area contributed by atoms with Gasteiger partial charge in [0.1, 0.15) is 0 Å². The van der Waals surface area contributed by atoms with E-state index in [4.69, 9.17) is 4.74 Å². The van der Waals surface area contributed by atoms with Crippen molar-refractivity contribution in [1.82, 2.24) is 5.32 Å². The first-order chi connectivity index (χ1) is 11.9. The van der Waals surface area contributed by atoms with Gasteiger partial charge in [0.05, 0.1) is 5.56 Å². The van der Waals surface area contributed by atoms with Crippen LogP contribution >= 0.6 is 0 Å². The fourth-order valence-corrected chi connectivity index (χ4v) is 5.71. The minimum atomic E-state index is -0.764. The highest BCUT2D eigenvalue weighted by atomic mass is 16.5. The summed E-state index contributed by atoms with van der Waals surface area (Å²) in [6, 6.07) is 7.30. The maximum Gasteiger partial charge on any atom is 0.339 e. The van der Waals surface area contributed by atoms with Crippen LogP contribution in [0.15, 0.2) is 24.3 Å². The first kappa shape index (κ1) is 16.6. The number of hydrogen-bond donors (Lipinski definition) is 1. The summed E-state index contributed by atoms with van der Waals surface area (Å²) < 4.78 is 5.44. The molecule has 0 saturated heterocycles. The molecular formula is C21H27NO3. The van der Waals surface area contributed by atoms with Crippen molar-refractivity contribution in [3.05, 3.63) is 35.4 Å². The second-order valence-electron chi connectivity index (χ2n) is 8.55. The lowest BCUT2D eigenvalue weighted by molar-refractivity contribution is -0.134. The van der Waals surface area contributed by atoms with Gasteiger partial charge in [-0.05, 0) is 81.8 Å². The monoisotopic (exact) mass is 341 g/mol. The number of carbonyl (C=O) groups is 2. The Bertz CT molecular complexity index is 661. The van der Waals surface area contributed by atoms with Crippen LogP contribution in [0, 0.1) is 24.7 Å². The van der Waals surface area contributed by atoms with E-state index in [0.29, 0.717) is 5.56 Å². The Morgan fingerprint density at radius 1 is 1.08 bits per heavy atom. The molecule has 0 spiro atoms. The molecule has 1 aromatic carbocycles. The van der Waals surface area contributed by atoms with Crippen LogP contribution in [0.1, 0.15) is 61.4 Å². The molecule has 0 aliphatic heterocycles. The Balaban J connectivity index is 1.40. The second-order valence-corrected chi connectivity index (χ2v) is 8.55. The van der Waals surface area contributed by atoms with E-state index in [9.17, 15) is 9.59 Å². The van der Waals surface area contributed by atoms with Crippen molar-refractivity contribution >= 4 is 11.9 Å². The van der Waals surface area contributed by atoms with Crippen molar-refractivity contribution in [2.75, 3.05) is 0 Å². The number of nitrogens with one attached hydrogen (secondary N) is 1. The molecule has 0 radical (unpaired) electrons. The first-order valence-electron chi connectivity index (χ1n) is 9.53. The average Bonchev–Trinajstić information content (AvgIpc) is 2.53. The topological polar surface area (TPSA) is 55.4 Å². The molecule has 4 aliphatic rings. The molecular weight excluding hydrogens is 314 g/mol. The van der Waals surface area contributed by atoms with Gasteiger partial charge in [-0.3, -0.25) is 4.79 Å². The maximum absolute atomic E-state index is 12.7. The number of benzene rings is 1. The Hall–Kier alpha value is -1.84. The van der Waals surface area contributed by atoms with Crippen molar-refractivity contribution in [1.29, 1.82) is 0 Å². The molecule has 4 heteroatoms. The van der Waals surface area contributed by atoms with Gasteiger partial charge in [-0.15, -0.1) is 0 Å². The van der Waals surface area contributed by atoms with Crippen molar-refractivity contribution in [3.63, 3.8) is 0 Å². The van der Waals surface area contributed by atoms with Gasteiger partial charge >= 0.3 is 5.97 Å². The van der Waals surface area contributed by atoms with Gasteiger partial charge in [0.15, 0.2) is 6.10 Å². The van der Waals surface area contributed by atoms with Crippen molar-refractivity contribution in [3.8, 4) is 0 Å². The zero-order chi connectivity index (χ0) is 17.6. The normalized spacial score (nSPS) is 33.8. The predicted octanol–water partition coefficient (Wildman–Crippen LogP) is 3.63. The number of aryl methyl sites for hydroxylation is 1. The number of rotatable bonds is 4. The first-order valence-corrected chi connectivity index (χ1v) is 9.53. The molecule has 4 fully saturated rings. The number of ether oxygens (including phenoxy) is 1. The molecule has 4 bridgehead atoms. The lowest BCUT2D eigenvalue weighted by Crippen LogP contribution is -2.61. The third-order valence-electron chi connectivity index (χ3n) is 6.44. The van der Waals surface area contributed by atoms with Gasteiger partial charge in [-0.2, -0.15) is 0 Å². The fraction of sp³-hybridized carbons (Fsp3) is 0.619. The van der Waals surface area contributed by atoms with E-state index in [0.717, 1.165) is 42.6 Å². The Labute approximate surface area is 149 Å². The second kappa shape index (κ2) is 6.15. The van der Waals surface area contributed by atoms with Gasteiger partial charge in [0.2, 0.25) is 0 Å². The lowest BCUT2D eigenvalue weighted by atomic mass is 9.53. The molecule has 0 unspecified atom stereocenters. The van der Waals surface area contributed by atoms with E-state index >= 15 is 0 Å². The molecule has 0 heterocycles. The SMILES string of the molecule is Cc1ccccc1C(=O)O[C@@H](C)C(=O)NC12CC3CC(CC(C3)C1)C2. The molecule has 4 aliphatic carbocycles. The third kappa shape index (κ3) is 3.19. The van der Waals surface area contributed by atoms with E-state index in [-0.39, 0.29) is 11.4 Å². The molecule has 1 atom stereocenters. The van der Waals surface area contributed by atoms with Crippen LogP contribution in [0.3, 0.4) is 0 Å². The average molecular weight is 341 g/mol. The van der Waals surface area contributed by atoms with Crippen molar-refractivity contribution < 1.29 is 14.3 Å². The summed E-state index contributed by atoms with van der Waals surface area (Å²) in [5.74, 6) is 1.75. The van der Waals surface area contributed by atoms with Crippen LogP contribution in [0.4, 0.5) is 0 Å². The standard InChI is InChI=1S/C21H27NO3/c1-13-5-3-4-6-18(13)20(24)25-14(2)19(23)22-21-10-15-7-16(11-21)9-17(8-15)12-21/h3-6,14-17H,7-12H2,1-2H3,(H,22,23)/t14-,15?,16?,17?,21?/m0/s1. The highest BCUT2D eigenvalue weighted by molar-refractivity contribution is 5.93. The fourth-order valence-electron chi connectivity index (χ4n) is 5.71. The summed E-state index contributed by atoms with van der Waals surface area (Å²) in [5, 5.41) is 3.28. The summed E-state index contributed by atoms with van der Waals surface area (Å²) in [4.78, 5) is 25.0. The van der Waals surface area contributed by atoms with Gasteiger partial charge in [0.25, 0.3) is 5.91 Å². The summed E-state index contributed by atoms with van der Waals surface area (Å²) in [5.41, 5.74) is 1.34. The zero-order valence-corrected chi connectivity index (χ0v) is 15.1. The minimum Gasteiger partial charge on any atom is -0.449 e. The smallest absolute Gasteiger partial charge is 0.339 e. The van der Waals surface area contributed by atoms with E-state index < -0.39 is 12.1 Å². The van der Waals surface area contributed by atoms with Gasteiger partial charge in [-0.1, -0.05) is 18.2 Å². The van der Waals surface area contributed by atoms with Gasteiger partial charge < -0.3 is 10.1 Å². The van der Waals surface area contributed by atoms with Crippen LogP contribution in [0.5, 0.6) is 0 Å². The summed E-state index contributed by atoms with van der Waals surface area (Å²) >= 11 is 0. The zero-order valence-electron chi connectivity index (χ0n) is 15.1. The highest BCUT2D eigenvalue weighted by Gasteiger charge is 2.51. The van der Waals surface area contributed by atoms with Crippen molar-refractivity contribution in [2.24, 2.45) is 17.8 Å². The molecule has 0 aromatic heterocycles. The van der Waals surface area contributed by atoms with Crippen LogP contribution < -0.4 is 5.32 Å². The molecule has 1 amide bonds. The van der Waals surface area contributed by atoms with Crippen LogP contribution in [0.2, 0.25) is 0 Å². The Morgan fingerprint density at radius 2 is 1.64 bits per heavy atom. The Morgan fingerprint density at radius 3 is 2.20 bits per heavy atom. The van der Waals surface area contributed by atoms with E-state index in [1.165, 1.54) is 19.3 Å². The number of carbonyl (C=O) groups excluding carboxylic acids is 2. The highest BCUT2D eigenvalue weighted by Crippen LogP contribution is 2.55. The third-order valence-corrected chi connectivity index (χ3v) is 6.44. The largest absolute Gasteiger partial charge is 0.449 e. The summed E-state index contributed by atoms with van der Waals surface area (Å²) in [6.07, 6.45) is 6.56. The molecule has 1 N–H and O–H groups in total. The van der Waals surface area contributed by atoms with Crippen LogP contribution in [-0.4, -0.2) is 23.5 Å². The molecule has 4 nitrogen and oxygen atoms in total. The molecule has 5 rings (SSSR count). The molecule has 25 heavy (non-hydrogen) atoms. The summed E-state index contributed by atoms with van der Waals surface area (Å²) in [6.45, 7) is 3.54. The van der Waals surface area contributed by atoms with E-state index in [1.807, 2.05) is 25.1 Å². The number of amides is 1. The van der Waals surface area contributed by atoms with Gasteiger partial charge in [-0.25, -0.2) is 4.79 Å². The van der Waals surface area contributed by atoms with Crippen LogP contribution in [0.25, 0.3) is 0 Å². The van der Waals surface area contributed by atoms with Gasteiger partial charge in [0, 0.05) is 5.54 Å². The number of hydrogen-bond acceptors (Lipinski definition) is 3. The van der Waals surface area contributed by atoms with Crippen molar-refractivity contribution in [2.45, 2.75) is 64.0 Å². The quantitative estimate of drug-likeness (QED) is 0.851. The van der Waals surface area contributed by atoms with Crippen LogP contribution in [-0.2, 0) is 9.53 Å². The Kier molecular flexibility index (Phi) is 4.09. The number of esters is 1.